The van der Waals surface area contributed by atoms with Gasteiger partial charge < -0.3 is 14.3 Å². The van der Waals surface area contributed by atoms with Crippen molar-refractivity contribution in [3.05, 3.63) is 28.3 Å². The molecule has 1 aromatic carbocycles. The van der Waals surface area contributed by atoms with Crippen LogP contribution in [-0.2, 0) is 9.63 Å². The van der Waals surface area contributed by atoms with E-state index < -0.39 is 5.97 Å². The van der Waals surface area contributed by atoms with Crippen molar-refractivity contribution < 1.29 is 19.1 Å². The third-order valence-corrected chi connectivity index (χ3v) is 3.10. The molecule has 22 heavy (non-hydrogen) atoms. The predicted octanol–water partition coefficient (Wildman–Crippen LogP) is 3.07. The van der Waals surface area contributed by atoms with Crippen molar-refractivity contribution in [2.45, 2.75) is 13.8 Å². The summed E-state index contributed by atoms with van der Waals surface area (Å²) in [7, 11) is 0. The molecule has 1 aliphatic heterocycles. The predicted molar refractivity (Wildman–Crippen MR) is 84.1 cm³/mol. The number of nitrogens with zero attached hydrogens (tertiary/aromatic N) is 1. The molecule has 2 rings (SSSR count). The summed E-state index contributed by atoms with van der Waals surface area (Å²) >= 11 is 6.21. The summed E-state index contributed by atoms with van der Waals surface area (Å²) in [5, 5.41) is 3.96. The third kappa shape index (κ3) is 3.41. The first-order valence-electron chi connectivity index (χ1n) is 6.57. The maximum atomic E-state index is 11.6. The Bertz CT molecular complexity index is 701. The van der Waals surface area contributed by atoms with Crippen LogP contribution in [0.25, 0.3) is 6.08 Å². The van der Waals surface area contributed by atoms with Gasteiger partial charge in [-0.1, -0.05) is 22.7 Å². The summed E-state index contributed by atoms with van der Waals surface area (Å²) in [5.74, 6) is 2.71. The van der Waals surface area contributed by atoms with Crippen molar-refractivity contribution in [1.29, 1.82) is 0 Å². The lowest BCUT2D eigenvalue weighted by Gasteiger charge is -2.13. The molecule has 114 valence electrons. The topological polar surface area (TPSA) is 57.1 Å². The Morgan fingerprint density at radius 1 is 1.45 bits per heavy atom. The molecule has 0 radical (unpaired) electrons. The fraction of sp³-hybridized carbons (Fsp3) is 0.250. The highest BCUT2D eigenvalue weighted by molar-refractivity contribution is 6.32. The van der Waals surface area contributed by atoms with Crippen molar-refractivity contribution in [2.24, 2.45) is 5.16 Å². The molecule has 6 heteroatoms. The van der Waals surface area contributed by atoms with Crippen molar-refractivity contribution >= 4 is 29.4 Å². The van der Waals surface area contributed by atoms with Crippen LogP contribution in [-0.4, -0.2) is 24.9 Å². The smallest absolute Gasteiger partial charge is 0.367 e. The van der Waals surface area contributed by atoms with E-state index in [2.05, 4.69) is 15.9 Å². The van der Waals surface area contributed by atoms with Gasteiger partial charge in [0.25, 0.3) is 0 Å². The van der Waals surface area contributed by atoms with Gasteiger partial charge in [-0.05, 0) is 37.6 Å². The summed E-state index contributed by atoms with van der Waals surface area (Å²) < 4.78 is 10.9. The number of carbonyl (C=O) groups is 1. The van der Waals surface area contributed by atoms with Crippen molar-refractivity contribution in [3.8, 4) is 23.8 Å². The van der Waals surface area contributed by atoms with Gasteiger partial charge >= 0.3 is 5.97 Å². The van der Waals surface area contributed by atoms with Gasteiger partial charge in [0.2, 0.25) is 0 Å². The molecule has 0 saturated heterocycles. The summed E-state index contributed by atoms with van der Waals surface area (Å²) in [5.41, 5.74) is 1.55. The summed E-state index contributed by atoms with van der Waals surface area (Å²) in [6.07, 6.45) is 6.82. The van der Waals surface area contributed by atoms with Crippen LogP contribution in [0.4, 0.5) is 0 Å². The van der Waals surface area contributed by atoms with Crippen LogP contribution in [0.15, 0.2) is 22.9 Å². The number of carbonyl (C=O) groups excluding carboxylic acids is 1. The zero-order valence-electron chi connectivity index (χ0n) is 12.2. The average molecular weight is 320 g/mol. The van der Waals surface area contributed by atoms with E-state index in [1.807, 2.05) is 6.92 Å². The quantitative estimate of drug-likeness (QED) is 0.475. The normalized spacial score (nSPS) is 15.3. The number of ether oxygens (including phenoxy) is 2. The maximum Gasteiger partial charge on any atom is 0.367 e. The molecule has 0 spiro atoms. The van der Waals surface area contributed by atoms with Crippen LogP contribution in [0.1, 0.15) is 19.4 Å². The number of hydrogen-bond acceptors (Lipinski definition) is 5. The van der Waals surface area contributed by atoms with Gasteiger partial charge in [0, 0.05) is 0 Å². The van der Waals surface area contributed by atoms with Crippen LogP contribution in [0, 0.1) is 12.3 Å². The first-order valence-corrected chi connectivity index (χ1v) is 6.95. The minimum absolute atomic E-state index is 0.0817. The van der Waals surface area contributed by atoms with Crippen LogP contribution in [0.5, 0.6) is 11.5 Å². The highest BCUT2D eigenvalue weighted by Crippen LogP contribution is 2.37. The van der Waals surface area contributed by atoms with E-state index in [-0.39, 0.29) is 6.61 Å². The third-order valence-electron chi connectivity index (χ3n) is 2.82. The highest BCUT2D eigenvalue weighted by Gasteiger charge is 2.22. The molecule has 1 heterocycles. The molecule has 1 aromatic rings. The van der Waals surface area contributed by atoms with Gasteiger partial charge in [0.1, 0.15) is 6.61 Å². The average Bonchev–Trinajstić information content (AvgIpc) is 2.79. The number of hydrogen-bond donors (Lipinski definition) is 0. The van der Waals surface area contributed by atoms with Crippen molar-refractivity contribution in [2.75, 3.05) is 13.2 Å². The molecule has 5 nitrogen and oxygen atoms in total. The van der Waals surface area contributed by atoms with E-state index in [0.717, 1.165) is 0 Å². The Labute approximate surface area is 133 Å². The second kappa shape index (κ2) is 7.01. The molecular formula is C16H14ClNO4. The molecule has 0 amide bonds. The zero-order valence-corrected chi connectivity index (χ0v) is 12.9. The lowest BCUT2D eigenvalue weighted by atomic mass is 10.1. The number of terminal acetylenes is 1. The summed E-state index contributed by atoms with van der Waals surface area (Å²) in [6.45, 7) is 4.05. The Hall–Kier alpha value is -2.45. The van der Waals surface area contributed by atoms with Gasteiger partial charge in [-0.15, -0.1) is 6.42 Å². The maximum absolute atomic E-state index is 11.6. The van der Waals surface area contributed by atoms with Crippen molar-refractivity contribution in [1.82, 2.24) is 0 Å². The number of benzene rings is 1. The number of halogens is 1. The van der Waals surface area contributed by atoms with Gasteiger partial charge in [-0.25, -0.2) is 4.79 Å². The lowest BCUT2D eigenvalue weighted by Crippen LogP contribution is -2.03. The first-order chi connectivity index (χ1) is 10.6. The van der Waals surface area contributed by atoms with E-state index in [9.17, 15) is 4.79 Å². The minimum atomic E-state index is -0.501. The molecule has 0 bridgehead atoms. The molecule has 0 atom stereocenters. The fourth-order valence-electron chi connectivity index (χ4n) is 1.87. The van der Waals surface area contributed by atoms with E-state index in [4.69, 9.17) is 27.5 Å². The van der Waals surface area contributed by atoms with Gasteiger partial charge in [0.05, 0.1) is 22.9 Å². The van der Waals surface area contributed by atoms with Crippen LogP contribution < -0.4 is 9.47 Å². The second-order valence-corrected chi connectivity index (χ2v) is 4.78. The molecule has 0 fully saturated rings. The van der Waals surface area contributed by atoms with E-state index >= 15 is 0 Å². The second-order valence-electron chi connectivity index (χ2n) is 4.37. The molecular weight excluding hydrogens is 306 g/mol. The van der Waals surface area contributed by atoms with Gasteiger partial charge in [-0.2, -0.15) is 0 Å². The standard InChI is InChI=1S/C16H14ClNO4/c1-4-6-21-15-13(17)8-11(9-14(15)20-5-2)7-12-10(3)18-22-16(12)19/h1,7-9H,5-6H2,2-3H3/b12-7+. The number of rotatable bonds is 5. The first kappa shape index (κ1) is 15.9. The summed E-state index contributed by atoms with van der Waals surface area (Å²) in [4.78, 5) is 16.2. The minimum Gasteiger partial charge on any atom is -0.490 e. The molecule has 0 aromatic heterocycles. The molecule has 0 N–H and O–H groups in total. The van der Waals surface area contributed by atoms with Crippen LogP contribution in [0.2, 0.25) is 5.02 Å². The molecule has 0 unspecified atom stereocenters. The van der Waals surface area contributed by atoms with Crippen LogP contribution in [0.3, 0.4) is 0 Å². The Kier molecular flexibility index (Phi) is 5.08. The fourth-order valence-corrected chi connectivity index (χ4v) is 2.15. The van der Waals surface area contributed by atoms with Gasteiger partial charge in [-0.3, -0.25) is 0 Å². The summed E-state index contributed by atoms with van der Waals surface area (Å²) in [6, 6.07) is 3.37. The monoisotopic (exact) mass is 319 g/mol. The molecule has 1 aliphatic rings. The zero-order chi connectivity index (χ0) is 16.1. The lowest BCUT2D eigenvalue weighted by molar-refractivity contribution is -0.136. The van der Waals surface area contributed by atoms with Gasteiger partial charge in [0.15, 0.2) is 11.5 Å². The molecule has 0 aliphatic carbocycles. The number of oxime groups is 1. The Morgan fingerprint density at radius 2 is 2.23 bits per heavy atom. The Balaban J connectivity index is 2.42. The van der Waals surface area contributed by atoms with E-state index in [1.54, 1.807) is 25.1 Å². The van der Waals surface area contributed by atoms with E-state index in [0.29, 0.717) is 40.0 Å². The van der Waals surface area contributed by atoms with Crippen molar-refractivity contribution in [3.63, 3.8) is 0 Å². The Morgan fingerprint density at radius 3 is 2.82 bits per heavy atom. The largest absolute Gasteiger partial charge is 0.490 e. The van der Waals surface area contributed by atoms with E-state index in [1.165, 1.54) is 0 Å². The SMILES string of the molecule is C#CCOc1c(Cl)cc(/C=C2/C(=O)ON=C2C)cc1OCC. The highest BCUT2D eigenvalue weighted by atomic mass is 35.5. The van der Waals surface area contributed by atoms with Crippen LogP contribution >= 0.6 is 11.6 Å². The molecule has 0 saturated carbocycles.